The summed E-state index contributed by atoms with van der Waals surface area (Å²) in [6, 6.07) is 0.0506. The first-order chi connectivity index (χ1) is 8.54. The highest BCUT2D eigenvalue weighted by atomic mass is 32.2. The second kappa shape index (κ2) is 5.54. The van der Waals surface area contributed by atoms with Crippen LogP contribution in [0.4, 0.5) is 0 Å². The summed E-state index contributed by atoms with van der Waals surface area (Å²) in [5, 5.41) is 3.03. The highest BCUT2D eigenvalue weighted by Crippen LogP contribution is 2.19. The van der Waals surface area contributed by atoms with Crippen molar-refractivity contribution in [3.63, 3.8) is 0 Å². The zero-order valence-electron chi connectivity index (χ0n) is 10.8. The van der Waals surface area contributed by atoms with Gasteiger partial charge in [0, 0.05) is 32.2 Å². The first-order valence-corrected chi connectivity index (χ1v) is 8.13. The van der Waals surface area contributed by atoms with Crippen LogP contribution < -0.4 is 5.32 Å². The van der Waals surface area contributed by atoms with Crippen LogP contribution in [0.5, 0.6) is 0 Å². The Bertz CT molecular complexity index is 410. The molecule has 0 bridgehead atoms. The summed E-state index contributed by atoms with van der Waals surface area (Å²) in [5.74, 6) is 0.219. The molecule has 0 aromatic carbocycles. The quantitative estimate of drug-likeness (QED) is 0.734. The molecule has 2 aliphatic heterocycles. The van der Waals surface area contributed by atoms with Crippen molar-refractivity contribution in [1.29, 1.82) is 0 Å². The van der Waals surface area contributed by atoms with Crippen molar-refractivity contribution < 1.29 is 13.2 Å². The maximum atomic E-state index is 11.9. The Morgan fingerprint density at radius 1 is 1.39 bits per heavy atom. The number of nitrogens with one attached hydrogen (secondary N) is 1. The lowest BCUT2D eigenvalue weighted by Gasteiger charge is -2.40. The van der Waals surface area contributed by atoms with Crippen LogP contribution in [0.2, 0.25) is 0 Å². The molecular formula is C11H21N3O3S. The Labute approximate surface area is 108 Å². The number of carbonyl (C=O) groups is 1. The van der Waals surface area contributed by atoms with E-state index < -0.39 is 10.0 Å². The van der Waals surface area contributed by atoms with Crippen molar-refractivity contribution in [2.45, 2.75) is 25.8 Å². The van der Waals surface area contributed by atoms with Gasteiger partial charge in [0.25, 0.3) is 0 Å². The molecule has 2 aliphatic rings. The third-order valence-corrected chi connectivity index (χ3v) is 5.53. The van der Waals surface area contributed by atoms with Crippen molar-refractivity contribution in [3.05, 3.63) is 0 Å². The van der Waals surface area contributed by atoms with Crippen LogP contribution in [0, 0.1) is 0 Å². The van der Waals surface area contributed by atoms with E-state index in [0.29, 0.717) is 26.2 Å². The number of nitrogens with zero attached hydrogens (tertiary/aromatic N) is 2. The van der Waals surface area contributed by atoms with Crippen molar-refractivity contribution in [2.24, 2.45) is 0 Å². The van der Waals surface area contributed by atoms with Crippen molar-refractivity contribution in [2.75, 3.05) is 38.5 Å². The number of hydrogen-bond donors (Lipinski definition) is 1. The topological polar surface area (TPSA) is 69.7 Å². The Kier molecular flexibility index (Phi) is 4.24. The van der Waals surface area contributed by atoms with E-state index in [4.69, 9.17) is 0 Å². The molecule has 1 amide bonds. The molecule has 1 atom stereocenters. The molecular weight excluding hydrogens is 254 g/mol. The van der Waals surface area contributed by atoms with Gasteiger partial charge in [-0.15, -0.1) is 0 Å². The number of piperazine rings is 1. The Morgan fingerprint density at radius 3 is 2.83 bits per heavy atom. The van der Waals surface area contributed by atoms with Crippen molar-refractivity contribution >= 4 is 15.9 Å². The van der Waals surface area contributed by atoms with E-state index in [2.05, 4.69) is 5.32 Å². The average Bonchev–Trinajstić information content (AvgIpc) is 2.39. The third-order valence-electron chi connectivity index (χ3n) is 3.68. The van der Waals surface area contributed by atoms with Crippen LogP contribution >= 0.6 is 0 Å². The molecule has 0 saturated carbocycles. The smallest absolute Gasteiger partial charge is 0.236 e. The van der Waals surface area contributed by atoms with E-state index in [0.717, 1.165) is 19.4 Å². The SMILES string of the molecule is CCS(=O)(=O)N1CCCC(N2CCNCC2=O)C1. The van der Waals surface area contributed by atoms with E-state index in [1.807, 2.05) is 4.90 Å². The minimum absolute atomic E-state index is 0.0506. The predicted octanol–water partition coefficient (Wildman–Crippen LogP) is -0.768. The van der Waals surface area contributed by atoms with Gasteiger partial charge in [-0.25, -0.2) is 8.42 Å². The van der Waals surface area contributed by atoms with Gasteiger partial charge in [-0.05, 0) is 19.8 Å². The molecule has 1 N–H and O–H groups in total. The standard InChI is InChI=1S/C11H21N3O3S/c1-2-18(16,17)13-6-3-4-10(9-13)14-7-5-12-8-11(14)15/h10,12H,2-9H2,1H3. The number of carbonyl (C=O) groups excluding carboxylic acids is 1. The monoisotopic (exact) mass is 275 g/mol. The van der Waals surface area contributed by atoms with E-state index >= 15 is 0 Å². The summed E-state index contributed by atoms with van der Waals surface area (Å²) in [6.07, 6.45) is 1.74. The molecule has 18 heavy (non-hydrogen) atoms. The number of hydrogen-bond acceptors (Lipinski definition) is 4. The summed E-state index contributed by atoms with van der Waals surface area (Å²) in [7, 11) is -3.13. The van der Waals surface area contributed by atoms with Crippen LogP contribution in [0.15, 0.2) is 0 Å². The average molecular weight is 275 g/mol. The summed E-state index contributed by atoms with van der Waals surface area (Å²) >= 11 is 0. The zero-order valence-corrected chi connectivity index (χ0v) is 11.6. The van der Waals surface area contributed by atoms with E-state index in [9.17, 15) is 13.2 Å². The highest BCUT2D eigenvalue weighted by molar-refractivity contribution is 7.89. The predicted molar refractivity (Wildman–Crippen MR) is 68.6 cm³/mol. The van der Waals surface area contributed by atoms with Crippen molar-refractivity contribution in [3.8, 4) is 0 Å². The fraction of sp³-hybridized carbons (Fsp3) is 0.909. The first-order valence-electron chi connectivity index (χ1n) is 6.52. The second-order valence-electron chi connectivity index (χ2n) is 4.82. The number of amides is 1. The molecule has 7 heteroatoms. The maximum Gasteiger partial charge on any atom is 0.236 e. The summed E-state index contributed by atoms with van der Waals surface area (Å²) in [4.78, 5) is 13.7. The molecule has 1 unspecified atom stereocenters. The summed E-state index contributed by atoms with van der Waals surface area (Å²) in [6.45, 7) is 4.56. The first kappa shape index (κ1) is 13.8. The lowest BCUT2D eigenvalue weighted by molar-refractivity contribution is -0.135. The number of sulfonamides is 1. The Hall–Kier alpha value is -0.660. The van der Waals surface area contributed by atoms with E-state index in [1.165, 1.54) is 4.31 Å². The molecule has 0 aliphatic carbocycles. The van der Waals surface area contributed by atoms with Crippen LogP contribution in [-0.4, -0.2) is 68.0 Å². The van der Waals surface area contributed by atoms with Gasteiger partial charge in [-0.2, -0.15) is 4.31 Å². The number of piperidine rings is 1. The fourth-order valence-electron chi connectivity index (χ4n) is 2.62. The third kappa shape index (κ3) is 2.84. The summed E-state index contributed by atoms with van der Waals surface area (Å²) in [5.41, 5.74) is 0. The van der Waals surface area contributed by atoms with Gasteiger partial charge in [-0.3, -0.25) is 4.79 Å². The second-order valence-corrected chi connectivity index (χ2v) is 7.08. The molecule has 0 aromatic heterocycles. The van der Waals surface area contributed by atoms with Gasteiger partial charge in [0.15, 0.2) is 0 Å². The molecule has 2 saturated heterocycles. The van der Waals surface area contributed by atoms with Crippen LogP contribution in [0.25, 0.3) is 0 Å². The van der Waals surface area contributed by atoms with Crippen molar-refractivity contribution in [1.82, 2.24) is 14.5 Å². The van der Waals surface area contributed by atoms with Gasteiger partial charge < -0.3 is 10.2 Å². The minimum atomic E-state index is -3.13. The van der Waals surface area contributed by atoms with E-state index in [1.54, 1.807) is 6.92 Å². The maximum absolute atomic E-state index is 11.9. The van der Waals surface area contributed by atoms with Gasteiger partial charge in [-0.1, -0.05) is 0 Å². The van der Waals surface area contributed by atoms with Gasteiger partial charge in [0.1, 0.15) is 0 Å². The van der Waals surface area contributed by atoms with Gasteiger partial charge in [0.2, 0.25) is 15.9 Å². The minimum Gasteiger partial charge on any atom is -0.336 e. The molecule has 0 spiro atoms. The Morgan fingerprint density at radius 2 is 2.17 bits per heavy atom. The molecule has 2 rings (SSSR count). The number of rotatable bonds is 3. The van der Waals surface area contributed by atoms with E-state index in [-0.39, 0.29) is 17.7 Å². The summed E-state index contributed by atoms with van der Waals surface area (Å²) < 4.78 is 25.3. The largest absolute Gasteiger partial charge is 0.336 e. The molecule has 2 heterocycles. The zero-order chi connectivity index (χ0) is 13.2. The lowest BCUT2D eigenvalue weighted by atomic mass is 10.1. The Balaban J connectivity index is 2.04. The molecule has 0 radical (unpaired) electrons. The molecule has 104 valence electrons. The van der Waals surface area contributed by atoms with Crippen LogP contribution in [-0.2, 0) is 14.8 Å². The molecule has 0 aromatic rings. The highest BCUT2D eigenvalue weighted by Gasteiger charge is 2.33. The lowest BCUT2D eigenvalue weighted by Crippen LogP contribution is -2.57. The molecule has 2 fully saturated rings. The van der Waals surface area contributed by atoms with Gasteiger partial charge >= 0.3 is 0 Å². The fourth-order valence-corrected chi connectivity index (χ4v) is 3.79. The van der Waals surface area contributed by atoms with Crippen LogP contribution in [0.1, 0.15) is 19.8 Å². The molecule has 6 nitrogen and oxygen atoms in total. The van der Waals surface area contributed by atoms with Gasteiger partial charge in [0.05, 0.1) is 12.3 Å². The normalized spacial score (nSPS) is 27.5. The van der Waals surface area contributed by atoms with Crippen LogP contribution in [0.3, 0.4) is 0 Å².